The molecule has 0 amide bonds. The van der Waals surface area contributed by atoms with Crippen molar-refractivity contribution in [1.82, 2.24) is 4.72 Å². The Morgan fingerprint density at radius 1 is 1.15 bits per heavy atom. The van der Waals surface area contributed by atoms with E-state index in [1.807, 2.05) is 0 Å². The molecule has 0 aliphatic heterocycles. The summed E-state index contributed by atoms with van der Waals surface area (Å²) < 4.78 is 27.6. The predicted molar refractivity (Wildman–Crippen MR) is 82.0 cm³/mol. The zero-order chi connectivity index (χ0) is 14.6. The summed E-state index contributed by atoms with van der Waals surface area (Å²) in [5, 5.41) is 10.5. The fraction of sp³-hybridized carbons (Fsp3) is 0.571. The molecule has 0 radical (unpaired) electrons. The number of halogens is 1. The molecule has 1 aromatic carbocycles. The molecule has 4 nitrogen and oxygen atoms in total. The Hall–Kier alpha value is -0.430. The molecule has 20 heavy (non-hydrogen) atoms. The van der Waals surface area contributed by atoms with Crippen LogP contribution < -0.4 is 4.72 Å². The smallest absolute Gasteiger partial charge is 0.241 e. The van der Waals surface area contributed by atoms with Crippen LogP contribution in [-0.2, 0) is 10.0 Å². The summed E-state index contributed by atoms with van der Waals surface area (Å²) in [6.45, 7) is 0.0800. The van der Waals surface area contributed by atoms with E-state index in [1.54, 1.807) is 24.3 Å². The highest BCUT2D eigenvalue weighted by atomic mass is 79.9. The molecule has 0 bridgehead atoms. The molecule has 112 valence electrons. The van der Waals surface area contributed by atoms with Crippen molar-refractivity contribution in [2.45, 2.75) is 49.0 Å². The fourth-order valence-electron chi connectivity index (χ4n) is 2.53. The van der Waals surface area contributed by atoms with Gasteiger partial charge in [0.15, 0.2) is 0 Å². The standard InChI is InChI=1S/C14H20BrNO3S/c15-12-7-3-4-8-13(12)20(18,19)16-11-14(17)9-5-1-2-6-10-14/h3-4,7-8,16-17H,1-2,5-6,9-11H2. The number of sulfonamides is 1. The van der Waals surface area contributed by atoms with E-state index in [0.717, 1.165) is 25.7 Å². The summed E-state index contributed by atoms with van der Waals surface area (Å²) in [5.41, 5.74) is -0.912. The lowest BCUT2D eigenvalue weighted by atomic mass is 9.95. The number of aliphatic hydroxyl groups is 1. The maximum Gasteiger partial charge on any atom is 0.241 e. The Morgan fingerprint density at radius 3 is 2.35 bits per heavy atom. The minimum Gasteiger partial charge on any atom is -0.389 e. The highest BCUT2D eigenvalue weighted by Crippen LogP contribution is 2.27. The van der Waals surface area contributed by atoms with Crippen LogP contribution in [0.3, 0.4) is 0 Å². The van der Waals surface area contributed by atoms with Crippen molar-refractivity contribution in [3.63, 3.8) is 0 Å². The quantitative estimate of drug-likeness (QED) is 0.810. The molecule has 0 aromatic heterocycles. The second-order valence-corrected chi connectivity index (χ2v) is 7.98. The van der Waals surface area contributed by atoms with E-state index in [1.165, 1.54) is 0 Å². The first-order valence-electron chi connectivity index (χ1n) is 6.90. The van der Waals surface area contributed by atoms with E-state index in [2.05, 4.69) is 20.7 Å². The van der Waals surface area contributed by atoms with Gasteiger partial charge in [-0.15, -0.1) is 0 Å². The van der Waals surface area contributed by atoms with Gasteiger partial charge in [-0.25, -0.2) is 13.1 Å². The Bertz CT molecular complexity index is 551. The maximum absolute atomic E-state index is 12.3. The van der Waals surface area contributed by atoms with E-state index >= 15 is 0 Å². The molecule has 1 aromatic rings. The molecule has 0 saturated heterocycles. The summed E-state index contributed by atoms with van der Waals surface area (Å²) in [6, 6.07) is 6.68. The third-order valence-corrected chi connectivity index (χ3v) is 6.17. The summed E-state index contributed by atoms with van der Waals surface area (Å²) in [6.07, 6.45) is 5.44. The summed E-state index contributed by atoms with van der Waals surface area (Å²) in [5.74, 6) is 0. The molecule has 2 N–H and O–H groups in total. The van der Waals surface area contributed by atoms with Crippen LogP contribution in [0.15, 0.2) is 33.6 Å². The molecule has 1 aliphatic carbocycles. The number of hydrogen-bond donors (Lipinski definition) is 2. The zero-order valence-electron chi connectivity index (χ0n) is 11.3. The molecular weight excluding hydrogens is 342 g/mol. The monoisotopic (exact) mass is 361 g/mol. The van der Waals surface area contributed by atoms with E-state index in [9.17, 15) is 13.5 Å². The molecule has 0 atom stereocenters. The summed E-state index contributed by atoms with van der Waals surface area (Å²) >= 11 is 3.24. The van der Waals surface area contributed by atoms with Gasteiger partial charge in [-0.3, -0.25) is 0 Å². The number of nitrogens with one attached hydrogen (secondary N) is 1. The van der Waals surface area contributed by atoms with Gasteiger partial charge in [0, 0.05) is 11.0 Å². The lowest BCUT2D eigenvalue weighted by Crippen LogP contribution is -2.42. The molecule has 0 heterocycles. The van der Waals surface area contributed by atoms with Gasteiger partial charge in [0.2, 0.25) is 10.0 Å². The van der Waals surface area contributed by atoms with Crippen molar-refractivity contribution in [3.05, 3.63) is 28.7 Å². The Labute approximate surface area is 128 Å². The van der Waals surface area contributed by atoms with E-state index in [4.69, 9.17) is 0 Å². The largest absolute Gasteiger partial charge is 0.389 e. The third-order valence-electron chi connectivity index (χ3n) is 3.75. The van der Waals surface area contributed by atoms with Gasteiger partial charge in [0.25, 0.3) is 0 Å². The van der Waals surface area contributed by atoms with Crippen LogP contribution in [-0.4, -0.2) is 25.7 Å². The predicted octanol–water partition coefficient (Wildman–Crippen LogP) is 2.81. The van der Waals surface area contributed by atoms with E-state index in [-0.39, 0.29) is 11.4 Å². The van der Waals surface area contributed by atoms with Crippen molar-refractivity contribution in [2.24, 2.45) is 0 Å². The zero-order valence-corrected chi connectivity index (χ0v) is 13.7. The van der Waals surface area contributed by atoms with Crippen molar-refractivity contribution in [3.8, 4) is 0 Å². The maximum atomic E-state index is 12.3. The SMILES string of the molecule is O=S(=O)(NCC1(O)CCCCCC1)c1ccccc1Br. The van der Waals surface area contributed by atoms with Crippen molar-refractivity contribution in [2.75, 3.05) is 6.54 Å². The van der Waals surface area contributed by atoms with Crippen LogP contribution >= 0.6 is 15.9 Å². The molecule has 1 saturated carbocycles. The second-order valence-electron chi connectivity index (χ2n) is 5.39. The average molecular weight is 362 g/mol. The summed E-state index contributed by atoms with van der Waals surface area (Å²) in [7, 11) is -3.60. The average Bonchev–Trinajstić information content (AvgIpc) is 2.63. The van der Waals surface area contributed by atoms with Gasteiger partial charge < -0.3 is 5.11 Å². The first-order chi connectivity index (χ1) is 9.43. The van der Waals surface area contributed by atoms with Crippen LogP contribution in [0.25, 0.3) is 0 Å². The Balaban J connectivity index is 2.07. The van der Waals surface area contributed by atoms with Gasteiger partial charge in [0.1, 0.15) is 0 Å². The molecule has 2 rings (SSSR count). The lowest BCUT2D eigenvalue weighted by molar-refractivity contribution is 0.0303. The second kappa shape index (κ2) is 6.56. The van der Waals surface area contributed by atoms with Gasteiger partial charge in [0.05, 0.1) is 10.5 Å². The number of hydrogen-bond acceptors (Lipinski definition) is 3. The highest BCUT2D eigenvalue weighted by molar-refractivity contribution is 9.10. The Kier molecular flexibility index (Phi) is 5.23. The van der Waals surface area contributed by atoms with Crippen LogP contribution in [0, 0.1) is 0 Å². The first-order valence-corrected chi connectivity index (χ1v) is 9.17. The fourth-order valence-corrected chi connectivity index (χ4v) is 4.65. The molecular formula is C14H20BrNO3S. The third kappa shape index (κ3) is 4.04. The van der Waals surface area contributed by atoms with E-state index < -0.39 is 15.6 Å². The molecule has 1 aliphatic rings. The number of benzene rings is 1. The highest BCUT2D eigenvalue weighted by Gasteiger charge is 2.30. The van der Waals surface area contributed by atoms with Crippen LogP contribution in [0.4, 0.5) is 0 Å². The first kappa shape index (κ1) is 15.9. The minimum absolute atomic E-state index is 0.0800. The summed E-state index contributed by atoms with van der Waals surface area (Å²) in [4.78, 5) is 0.206. The van der Waals surface area contributed by atoms with Crippen molar-refractivity contribution < 1.29 is 13.5 Å². The molecule has 6 heteroatoms. The van der Waals surface area contributed by atoms with Gasteiger partial charge in [-0.2, -0.15) is 0 Å². The molecule has 0 spiro atoms. The van der Waals surface area contributed by atoms with Crippen LogP contribution in [0.5, 0.6) is 0 Å². The molecule has 0 unspecified atom stereocenters. The number of rotatable bonds is 4. The van der Waals surface area contributed by atoms with Crippen molar-refractivity contribution >= 4 is 26.0 Å². The minimum atomic E-state index is -3.60. The Morgan fingerprint density at radius 2 is 1.75 bits per heavy atom. The topological polar surface area (TPSA) is 66.4 Å². The van der Waals surface area contributed by atoms with E-state index in [0.29, 0.717) is 17.3 Å². The molecule has 1 fully saturated rings. The van der Waals surface area contributed by atoms with Crippen molar-refractivity contribution in [1.29, 1.82) is 0 Å². The lowest BCUT2D eigenvalue weighted by Gasteiger charge is -2.26. The van der Waals surface area contributed by atoms with Crippen LogP contribution in [0.1, 0.15) is 38.5 Å². The van der Waals surface area contributed by atoms with Gasteiger partial charge in [-0.1, -0.05) is 37.8 Å². The van der Waals surface area contributed by atoms with Crippen LogP contribution in [0.2, 0.25) is 0 Å². The van der Waals surface area contributed by atoms with Gasteiger partial charge in [-0.05, 0) is 40.9 Å². The normalized spacial score (nSPS) is 19.5. The van der Waals surface area contributed by atoms with Gasteiger partial charge >= 0.3 is 0 Å².